The third-order valence-electron chi connectivity index (χ3n) is 4.07. The van der Waals surface area contributed by atoms with Crippen LogP contribution in [0.5, 0.6) is 11.5 Å². The van der Waals surface area contributed by atoms with Gasteiger partial charge < -0.3 is 14.6 Å². The number of rotatable bonds is 7. The number of hydrogen-bond donors (Lipinski definition) is 1. The molecule has 0 saturated carbocycles. The van der Waals surface area contributed by atoms with Crippen LogP contribution in [0, 0.1) is 0 Å². The molecule has 0 heterocycles. The molecule has 0 bridgehead atoms. The Morgan fingerprint density at radius 3 is 2.38 bits per heavy atom. The molecule has 0 unspecified atom stereocenters. The molecule has 0 aliphatic carbocycles. The van der Waals surface area contributed by atoms with Gasteiger partial charge in [0, 0.05) is 5.56 Å². The molecule has 26 heavy (non-hydrogen) atoms. The fraction of sp³-hybridized carbons (Fsp3) is 0.136. The summed E-state index contributed by atoms with van der Waals surface area (Å²) >= 11 is 0. The molecule has 0 amide bonds. The van der Waals surface area contributed by atoms with Gasteiger partial charge in [0.2, 0.25) is 0 Å². The third kappa shape index (κ3) is 4.22. The number of para-hydroxylation sites is 1. The van der Waals surface area contributed by atoms with E-state index in [1.54, 1.807) is 13.2 Å². The molecule has 4 nitrogen and oxygen atoms in total. The molecule has 3 aromatic carbocycles. The number of carboxylic acid groups (broad SMARTS) is 1. The fourth-order valence-electron chi connectivity index (χ4n) is 2.82. The van der Waals surface area contributed by atoms with Gasteiger partial charge in [-0.1, -0.05) is 54.6 Å². The topological polar surface area (TPSA) is 55.8 Å². The second kappa shape index (κ2) is 8.21. The highest BCUT2D eigenvalue weighted by Crippen LogP contribution is 2.34. The van der Waals surface area contributed by atoms with E-state index in [0.717, 1.165) is 16.7 Å². The lowest BCUT2D eigenvalue weighted by molar-refractivity contribution is -0.136. The number of carboxylic acids is 1. The SMILES string of the molecule is COc1ccc(-c2ccccc2OCc2ccccc2)c(CC(=O)O)c1. The van der Waals surface area contributed by atoms with Crippen molar-refractivity contribution in [3.63, 3.8) is 0 Å². The van der Waals surface area contributed by atoms with Crippen molar-refractivity contribution in [3.05, 3.63) is 83.9 Å². The van der Waals surface area contributed by atoms with Crippen LogP contribution in [0.15, 0.2) is 72.8 Å². The lowest BCUT2D eigenvalue weighted by Gasteiger charge is -2.15. The Morgan fingerprint density at radius 1 is 0.923 bits per heavy atom. The summed E-state index contributed by atoms with van der Waals surface area (Å²) < 4.78 is 11.3. The molecule has 0 aliphatic heterocycles. The predicted octanol–water partition coefficient (Wildman–Crippen LogP) is 4.57. The molecule has 0 spiro atoms. The Balaban J connectivity index is 1.95. The van der Waals surface area contributed by atoms with Crippen LogP contribution in [-0.4, -0.2) is 18.2 Å². The molecule has 0 saturated heterocycles. The molecule has 3 aromatic rings. The second-order valence-corrected chi connectivity index (χ2v) is 5.86. The van der Waals surface area contributed by atoms with Crippen molar-refractivity contribution < 1.29 is 19.4 Å². The summed E-state index contributed by atoms with van der Waals surface area (Å²) in [6.07, 6.45) is -0.0838. The maximum Gasteiger partial charge on any atom is 0.307 e. The standard InChI is InChI=1S/C22H20O4/c1-25-18-11-12-19(17(13-18)14-22(23)24)20-9-5-6-10-21(20)26-15-16-7-3-2-4-8-16/h2-13H,14-15H2,1H3,(H,23,24). The van der Waals surface area contributed by atoms with Gasteiger partial charge in [0.25, 0.3) is 0 Å². The lowest BCUT2D eigenvalue weighted by atomic mass is 9.96. The van der Waals surface area contributed by atoms with Crippen LogP contribution in [0.1, 0.15) is 11.1 Å². The number of carbonyl (C=O) groups is 1. The molecule has 0 aromatic heterocycles. The van der Waals surface area contributed by atoms with E-state index in [1.165, 1.54) is 0 Å². The highest BCUT2D eigenvalue weighted by Gasteiger charge is 2.14. The van der Waals surface area contributed by atoms with E-state index in [-0.39, 0.29) is 6.42 Å². The van der Waals surface area contributed by atoms with Gasteiger partial charge in [0.05, 0.1) is 13.5 Å². The molecule has 0 atom stereocenters. The van der Waals surface area contributed by atoms with Crippen LogP contribution >= 0.6 is 0 Å². The van der Waals surface area contributed by atoms with E-state index in [1.807, 2.05) is 66.7 Å². The van der Waals surface area contributed by atoms with Gasteiger partial charge in [-0.25, -0.2) is 0 Å². The van der Waals surface area contributed by atoms with Crippen LogP contribution in [0.2, 0.25) is 0 Å². The van der Waals surface area contributed by atoms with E-state index >= 15 is 0 Å². The first-order valence-electron chi connectivity index (χ1n) is 8.32. The van der Waals surface area contributed by atoms with E-state index in [2.05, 4.69) is 0 Å². The van der Waals surface area contributed by atoms with Gasteiger partial charge in [0.1, 0.15) is 18.1 Å². The number of hydrogen-bond acceptors (Lipinski definition) is 3. The molecular weight excluding hydrogens is 328 g/mol. The van der Waals surface area contributed by atoms with Crippen LogP contribution < -0.4 is 9.47 Å². The summed E-state index contributed by atoms with van der Waals surface area (Å²) in [4.78, 5) is 11.3. The van der Waals surface area contributed by atoms with Crippen molar-refractivity contribution in [2.45, 2.75) is 13.0 Å². The number of methoxy groups -OCH3 is 1. The van der Waals surface area contributed by atoms with E-state index < -0.39 is 5.97 Å². The summed E-state index contributed by atoms with van der Waals surface area (Å²) in [6.45, 7) is 0.447. The van der Waals surface area contributed by atoms with Crippen LogP contribution in [0.25, 0.3) is 11.1 Å². The monoisotopic (exact) mass is 348 g/mol. The lowest BCUT2D eigenvalue weighted by Crippen LogP contribution is -2.03. The molecule has 3 rings (SSSR count). The Labute approximate surface area is 152 Å². The van der Waals surface area contributed by atoms with E-state index in [0.29, 0.717) is 23.7 Å². The van der Waals surface area contributed by atoms with E-state index in [4.69, 9.17) is 9.47 Å². The summed E-state index contributed by atoms with van der Waals surface area (Å²) in [5, 5.41) is 9.25. The Bertz CT molecular complexity index is 888. The molecule has 1 N–H and O–H groups in total. The minimum Gasteiger partial charge on any atom is -0.497 e. The summed E-state index contributed by atoms with van der Waals surface area (Å²) in [7, 11) is 1.57. The number of ether oxygens (including phenoxy) is 2. The maximum atomic E-state index is 11.3. The Kier molecular flexibility index (Phi) is 5.54. The van der Waals surface area contributed by atoms with Gasteiger partial charge in [0.15, 0.2) is 0 Å². The van der Waals surface area contributed by atoms with Gasteiger partial charge in [-0.05, 0) is 34.9 Å². The number of benzene rings is 3. The zero-order valence-corrected chi connectivity index (χ0v) is 14.5. The molecule has 0 radical (unpaired) electrons. The maximum absolute atomic E-state index is 11.3. The van der Waals surface area contributed by atoms with Crippen LogP contribution in [0.3, 0.4) is 0 Å². The van der Waals surface area contributed by atoms with Gasteiger partial charge in [-0.3, -0.25) is 4.79 Å². The zero-order chi connectivity index (χ0) is 18.4. The average molecular weight is 348 g/mol. The zero-order valence-electron chi connectivity index (χ0n) is 14.5. The van der Waals surface area contributed by atoms with E-state index in [9.17, 15) is 9.90 Å². The normalized spacial score (nSPS) is 10.3. The molecule has 4 heteroatoms. The molecule has 0 aliphatic rings. The average Bonchev–Trinajstić information content (AvgIpc) is 2.67. The van der Waals surface area contributed by atoms with Crippen molar-refractivity contribution in [2.75, 3.05) is 7.11 Å². The van der Waals surface area contributed by atoms with Crippen molar-refractivity contribution in [1.29, 1.82) is 0 Å². The smallest absolute Gasteiger partial charge is 0.307 e. The highest BCUT2D eigenvalue weighted by molar-refractivity contribution is 5.79. The van der Waals surface area contributed by atoms with Crippen molar-refractivity contribution >= 4 is 5.97 Å². The number of aliphatic carboxylic acids is 1. The molecule has 132 valence electrons. The first kappa shape index (κ1) is 17.5. The van der Waals surface area contributed by atoms with Crippen LogP contribution in [0.4, 0.5) is 0 Å². The van der Waals surface area contributed by atoms with Crippen molar-refractivity contribution in [3.8, 4) is 22.6 Å². The third-order valence-corrected chi connectivity index (χ3v) is 4.07. The Morgan fingerprint density at radius 2 is 1.65 bits per heavy atom. The second-order valence-electron chi connectivity index (χ2n) is 5.86. The summed E-state index contributed by atoms with van der Waals surface area (Å²) in [5.74, 6) is 0.461. The van der Waals surface area contributed by atoms with Gasteiger partial charge in [-0.2, -0.15) is 0 Å². The highest BCUT2D eigenvalue weighted by atomic mass is 16.5. The van der Waals surface area contributed by atoms with Gasteiger partial charge in [-0.15, -0.1) is 0 Å². The Hall–Kier alpha value is -3.27. The van der Waals surface area contributed by atoms with Crippen molar-refractivity contribution in [2.24, 2.45) is 0 Å². The first-order chi connectivity index (χ1) is 12.7. The molecule has 0 fully saturated rings. The molecular formula is C22H20O4. The first-order valence-corrected chi connectivity index (χ1v) is 8.32. The quantitative estimate of drug-likeness (QED) is 0.680. The van der Waals surface area contributed by atoms with Crippen LogP contribution in [-0.2, 0) is 17.8 Å². The summed E-state index contributed by atoms with van der Waals surface area (Å²) in [6, 6.07) is 23.0. The predicted molar refractivity (Wildman–Crippen MR) is 101 cm³/mol. The minimum atomic E-state index is -0.887. The minimum absolute atomic E-state index is 0.0838. The largest absolute Gasteiger partial charge is 0.497 e. The summed E-state index contributed by atoms with van der Waals surface area (Å²) in [5.41, 5.74) is 3.45. The van der Waals surface area contributed by atoms with Gasteiger partial charge >= 0.3 is 5.97 Å². The van der Waals surface area contributed by atoms with Crippen molar-refractivity contribution in [1.82, 2.24) is 0 Å². The fourth-order valence-corrected chi connectivity index (χ4v) is 2.82.